The number of aliphatic imine (C=N–C) groups is 1. The van der Waals surface area contributed by atoms with Crippen molar-refractivity contribution in [2.24, 2.45) is 10.9 Å². The number of methoxy groups -OCH3 is 1. The van der Waals surface area contributed by atoms with E-state index in [1.165, 1.54) is 18.9 Å². The molecule has 1 fully saturated rings. The first kappa shape index (κ1) is 19.6. The van der Waals surface area contributed by atoms with Gasteiger partial charge in [0.25, 0.3) is 0 Å². The van der Waals surface area contributed by atoms with Crippen molar-refractivity contribution in [3.05, 3.63) is 23.2 Å². The van der Waals surface area contributed by atoms with Crippen molar-refractivity contribution in [2.75, 3.05) is 19.0 Å². The Balaban J connectivity index is 1.88. The van der Waals surface area contributed by atoms with Crippen molar-refractivity contribution in [1.82, 2.24) is 5.32 Å². The first-order valence-corrected chi connectivity index (χ1v) is 9.30. The van der Waals surface area contributed by atoms with Crippen LogP contribution in [0.15, 0.2) is 23.2 Å². The molecular weight excluding hydrogens is 362 g/mol. The largest absolute Gasteiger partial charge is 0.495 e. The number of amides is 2. The Labute approximate surface area is 156 Å². The van der Waals surface area contributed by atoms with Gasteiger partial charge in [0.1, 0.15) is 11.0 Å². The average Bonchev–Trinajstić information content (AvgIpc) is 2.87. The highest BCUT2D eigenvalue weighted by Gasteiger charge is 2.31. The fourth-order valence-corrected chi connectivity index (χ4v) is 3.42. The van der Waals surface area contributed by atoms with E-state index in [1.54, 1.807) is 18.2 Å². The molecule has 1 aliphatic rings. The Kier molecular flexibility index (Phi) is 7.13. The minimum atomic E-state index is -0.466. The molecule has 2 N–H and O–H groups in total. The van der Waals surface area contributed by atoms with E-state index in [4.69, 9.17) is 16.3 Å². The monoisotopic (exact) mass is 383 g/mol. The summed E-state index contributed by atoms with van der Waals surface area (Å²) < 4.78 is 5.07. The maximum absolute atomic E-state index is 12.2. The minimum Gasteiger partial charge on any atom is -0.495 e. The highest BCUT2D eigenvalue weighted by Crippen LogP contribution is 2.28. The highest BCUT2D eigenvalue weighted by atomic mass is 35.5. The lowest BCUT2D eigenvalue weighted by molar-refractivity contribution is -0.122. The van der Waals surface area contributed by atoms with Crippen LogP contribution < -0.4 is 15.4 Å². The average molecular weight is 384 g/mol. The molecule has 1 aliphatic heterocycles. The molecule has 1 aromatic rings. The van der Waals surface area contributed by atoms with Gasteiger partial charge in [0.05, 0.1) is 12.1 Å². The summed E-state index contributed by atoms with van der Waals surface area (Å²) in [5.74, 6) is 0.658. The van der Waals surface area contributed by atoms with E-state index in [2.05, 4.69) is 29.5 Å². The standard InChI is InChI=1S/C17H22ClN3O3S/c1-10(2)6-7-19-17-21-16(23)14(25-17)9-15(22)20-11-4-5-13(24-3)12(18)8-11/h4-5,8,10,14H,6-7,9H2,1-3H3,(H,20,22)(H,19,21,23)/t14-/m0/s1. The van der Waals surface area contributed by atoms with Crippen molar-refractivity contribution >= 4 is 46.0 Å². The summed E-state index contributed by atoms with van der Waals surface area (Å²) in [6.45, 7) is 4.92. The fourth-order valence-electron chi connectivity index (χ4n) is 2.16. The molecule has 0 saturated carbocycles. The van der Waals surface area contributed by atoms with E-state index >= 15 is 0 Å². The summed E-state index contributed by atoms with van der Waals surface area (Å²) in [6.07, 6.45) is 1.03. The molecule has 1 aromatic carbocycles. The van der Waals surface area contributed by atoms with Gasteiger partial charge >= 0.3 is 0 Å². The Hall–Kier alpha value is -1.73. The highest BCUT2D eigenvalue weighted by molar-refractivity contribution is 8.15. The fraction of sp³-hybridized carbons (Fsp3) is 0.471. The van der Waals surface area contributed by atoms with E-state index in [1.807, 2.05) is 0 Å². The Morgan fingerprint density at radius 1 is 1.48 bits per heavy atom. The molecule has 0 unspecified atom stereocenters. The molecule has 6 nitrogen and oxygen atoms in total. The number of halogens is 1. The van der Waals surface area contributed by atoms with Gasteiger partial charge in [-0.2, -0.15) is 0 Å². The van der Waals surface area contributed by atoms with Crippen molar-refractivity contribution in [1.29, 1.82) is 0 Å². The summed E-state index contributed by atoms with van der Waals surface area (Å²) in [7, 11) is 1.52. The molecule has 1 atom stereocenters. The number of anilines is 1. The van der Waals surface area contributed by atoms with E-state index < -0.39 is 5.25 Å². The molecule has 2 rings (SSSR count). The number of nitrogens with zero attached hydrogens (tertiary/aromatic N) is 1. The van der Waals surface area contributed by atoms with Gasteiger partial charge in [-0.15, -0.1) is 0 Å². The number of thioether (sulfide) groups is 1. The Morgan fingerprint density at radius 2 is 2.24 bits per heavy atom. The number of rotatable bonds is 7. The van der Waals surface area contributed by atoms with Crippen LogP contribution in [0.2, 0.25) is 5.02 Å². The number of carbonyl (C=O) groups excluding carboxylic acids is 2. The molecular formula is C17H22ClN3O3S. The van der Waals surface area contributed by atoms with Gasteiger partial charge in [-0.3, -0.25) is 14.6 Å². The molecule has 0 aromatic heterocycles. The van der Waals surface area contributed by atoms with Crippen LogP contribution in [0.4, 0.5) is 5.69 Å². The summed E-state index contributed by atoms with van der Waals surface area (Å²) in [5, 5.41) is 6.01. The van der Waals surface area contributed by atoms with Gasteiger partial charge in [0, 0.05) is 18.7 Å². The Morgan fingerprint density at radius 3 is 2.88 bits per heavy atom. The number of ether oxygens (including phenoxy) is 1. The van der Waals surface area contributed by atoms with Crippen LogP contribution >= 0.6 is 23.4 Å². The summed E-state index contributed by atoms with van der Waals surface area (Å²) >= 11 is 7.34. The molecule has 1 heterocycles. The zero-order valence-corrected chi connectivity index (χ0v) is 16.0. The quantitative estimate of drug-likeness (QED) is 0.757. The van der Waals surface area contributed by atoms with Crippen LogP contribution in [0.25, 0.3) is 0 Å². The maximum Gasteiger partial charge on any atom is 0.240 e. The molecule has 1 saturated heterocycles. The van der Waals surface area contributed by atoms with Crippen LogP contribution in [0, 0.1) is 5.92 Å². The first-order valence-electron chi connectivity index (χ1n) is 8.04. The normalized spacial score (nSPS) is 18.5. The molecule has 0 aliphatic carbocycles. The van der Waals surface area contributed by atoms with E-state index in [9.17, 15) is 9.59 Å². The third kappa shape index (κ3) is 5.93. The molecule has 0 spiro atoms. The van der Waals surface area contributed by atoms with Crippen LogP contribution in [0.5, 0.6) is 5.75 Å². The van der Waals surface area contributed by atoms with Gasteiger partial charge in [-0.25, -0.2) is 0 Å². The predicted octanol–water partition coefficient (Wildman–Crippen LogP) is 3.31. The number of amidine groups is 1. The second-order valence-electron chi connectivity index (χ2n) is 6.07. The minimum absolute atomic E-state index is 0.0728. The molecule has 8 heteroatoms. The van der Waals surface area contributed by atoms with Crippen molar-refractivity contribution in [2.45, 2.75) is 31.9 Å². The zero-order valence-electron chi connectivity index (χ0n) is 14.5. The number of hydrogen-bond donors (Lipinski definition) is 2. The molecule has 0 bridgehead atoms. The number of benzene rings is 1. The van der Waals surface area contributed by atoms with Crippen molar-refractivity contribution in [3.63, 3.8) is 0 Å². The summed E-state index contributed by atoms with van der Waals surface area (Å²) in [6, 6.07) is 4.98. The summed E-state index contributed by atoms with van der Waals surface area (Å²) in [4.78, 5) is 28.5. The lowest BCUT2D eigenvalue weighted by Gasteiger charge is -2.09. The van der Waals surface area contributed by atoms with Gasteiger partial charge in [0.2, 0.25) is 11.8 Å². The van der Waals surface area contributed by atoms with Crippen molar-refractivity contribution < 1.29 is 14.3 Å². The number of hydrogen-bond acceptors (Lipinski definition) is 5. The molecule has 136 valence electrons. The van der Waals surface area contributed by atoms with Gasteiger partial charge in [-0.05, 0) is 30.5 Å². The Bertz CT molecular complexity index is 679. The van der Waals surface area contributed by atoms with E-state index in [0.717, 1.165) is 6.42 Å². The van der Waals surface area contributed by atoms with Crippen LogP contribution in [-0.4, -0.2) is 35.9 Å². The topological polar surface area (TPSA) is 79.8 Å². The lowest BCUT2D eigenvalue weighted by atomic mass is 10.1. The predicted molar refractivity (Wildman–Crippen MR) is 103 cm³/mol. The molecule has 2 amide bonds. The van der Waals surface area contributed by atoms with Crippen LogP contribution in [0.1, 0.15) is 26.7 Å². The number of nitrogens with one attached hydrogen (secondary N) is 2. The van der Waals surface area contributed by atoms with Crippen molar-refractivity contribution in [3.8, 4) is 5.75 Å². The third-order valence-corrected chi connectivity index (χ3v) is 4.96. The number of carbonyl (C=O) groups is 2. The van der Waals surface area contributed by atoms with Crippen LogP contribution in [0.3, 0.4) is 0 Å². The molecule has 0 radical (unpaired) electrons. The lowest BCUT2D eigenvalue weighted by Crippen LogP contribution is -2.28. The summed E-state index contributed by atoms with van der Waals surface area (Å²) in [5.41, 5.74) is 0.560. The van der Waals surface area contributed by atoms with E-state index in [-0.39, 0.29) is 18.2 Å². The molecule has 25 heavy (non-hydrogen) atoms. The van der Waals surface area contributed by atoms with Gasteiger partial charge in [-0.1, -0.05) is 37.2 Å². The first-order chi connectivity index (χ1) is 11.9. The second kappa shape index (κ2) is 9.10. The third-order valence-electron chi connectivity index (χ3n) is 3.54. The van der Waals surface area contributed by atoms with Gasteiger partial charge in [0.15, 0.2) is 5.17 Å². The van der Waals surface area contributed by atoms with E-state index in [0.29, 0.717) is 34.1 Å². The maximum atomic E-state index is 12.2. The second-order valence-corrected chi connectivity index (χ2v) is 7.67. The van der Waals surface area contributed by atoms with Crippen LogP contribution in [-0.2, 0) is 9.59 Å². The zero-order chi connectivity index (χ0) is 18.4. The SMILES string of the molecule is COc1ccc(NC(=O)C[C@@H]2SC(=NCCC(C)C)NC2=O)cc1Cl. The van der Waals surface area contributed by atoms with Gasteiger partial charge < -0.3 is 15.4 Å². The smallest absolute Gasteiger partial charge is 0.240 e.